The highest BCUT2D eigenvalue weighted by molar-refractivity contribution is 9.10. The molecule has 1 N–H and O–H groups in total. The fourth-order valence-corrected chi connectivity index (χ4v) is 3.68. The second-order valence-electron chi connectivity index (χ2n) is 4.78. The van der Waals surface area contributed by atoms with E-state index in [2.05, 4.69) is 27.5 Å². The molecule has 2 nitrogen and oxygen atoms in total. The van der Waals surface area contributed by atoms with Crippen LogP contribution in [0.15, 0.2) is 22.7 Å². The van der Waals surface area contributed by atoms with Crippen molar-refractivity contribution in [1.82, 2.24) is 5.32 Å². The van der Waals surface area contributed by atoms with E-state index >= 15 is 0 Å². The third-order valence-electron chi connectivity index (χ3n) is 3.53. The minimum absolute atomic E-state index is 0.106. The number of carbonyl (C=O) groups excluding carboxylic acids is 1. The topological polar surface area (TPSA) is 29.1 Å². The van der Waals surface area contributed by atoms with Crippen molar-refractivity contribution in [2.75, 3.05) is 6.26 Å². The molecule has 0 bridgehead atoms. The van der Waals surface area contributed by atoms with Gasteiger partial charge in [-0.3, -0.25) is 4.79 Å². The van der Waals surface area contributed by atoms with Crippen LogP contribution in [0, 0.1) is 5.82 Å². The fourth-order valence-electron chi connectivity index (χ4n) is 2.42. The Hall–Kier alpha value is -0.550. The average Bonchev–Trinajstić information content (AvgIpc) is 2.39. The summed E-state index contributed by atoms with van der Waals surface area (Å²) in [6.07, 6.45) is 6.31. The van der Waals surface area contributed by atoms with E-state index in [1.54, 1.807) is 12.1 Å². The van der Waals surface area contributed by atoms with Gasteiger partial charge >= 0.3 is 0 Å². The normalized spacial score (nSPS) is 23.1. The molecule has 1 aromatic carbocycles. The quantitative estimate of drug-likeness (QED) is 0.897. The number of hydrogen-bond acceptors (Lipinski definition) is 2. The van der Waals surface area contributed by atoms with Crippen LogP contribution in [0.4, 0.5) is 4.39 Å². The molecule has 0 atom stereocenters. The van der Waals surface area contributed by atoms with E-state index in [1.165, 1.54) is 6.07 Å². The molecule has 1 amide bonds. The van der Waals surface area contributed by atoms with Gasteiger partial charge in [0.1, 0.15) is 5.82 Å². The van der Waals surface area contributed by atoms with Crippen LogP contribution < -0.4 is 5.32 Å². The molecule has 2 rings (SSSR count). The van der Waals surface area contributed by atoms with Gasteiger partial charge in [-0.05, 0) is 60.0 Å². The second-order valence-corrected chi connectivity index (χ2v) is 6.77. The number of carbonyl (C=O) groups is 1. The van der Waals surface area contributed by atoms with E-state index in [9.17, 15) is 9.18 Å². The van der Waals surface area contributed by atoms with Gasteiger partial charge in [-0.15, -0.1) is 0 Å². The number of thioether (sulfide) groups is 1. The Morgan fingerprint density at radius 1 is 1.37 bits per heavy atom. The first-order chi connectivity index (χ1) is 9.11. The van der Waals surface area contributed by atoms with Crippen LogP contribution in [0.5, 0.6) is 0 Å². The Morgan fingerprint density at radius 3 is 2.63 bits per heavy atom. The maximum atomic E-state index is 13.7. The Balaban J connectivity index is 1.98. The first-order valence-corrected chi connectivity index (χ1v) is 8.47. The lowest BCUT2D eigenvalue weighted by atomic mass is 9.94. The molecular weight excluding hydrogens is 329 g/mol. The summed E-state index contributed by atoms with van der Waals surface area (Å²) < 4.78 is 14.2. The van der Waals surface area contributed by atoms with E-state index < -0.39 is 5.82 Å². The van der Waals surface area contributed by atoms with Crippen LogP contribution in [0.2, 0.25) is 0 Å². The highest BCUT2D eigenvalue weighted by atomic mass is 79.9. The van der Waals surface area contributed by atoms with Crippen molar-refractivity contribution in [3.05, 3.63) is 34.1 Å². The molecule has 1 fully saturated rings. The average molecular weight is 346 g/mol. The van der Waals surface area contributed by atoms with E-state index in [4.69, 9.17) is 0 Å². The van der Waals surface area contributed by atoms with Crippen molar-refractivity contribution in [2.45, 2.75) is 37.0 Å². The molecule has 0 radical (unpaired) electrons. The highest BCUT2D eigenvalue weighted by Crippen LogP contribution is 2.27. The van der Waals surface area contributed by atoms with Crippen molar-refractivity contribution in [3.63, 3.8) is 0 Å². The third kappa shape index (κ3) is 3.72. The monoisotopic (exact) mass is 345 g/mol. The van der Waals surface area contributed by atoms with Crippen molar-refractivity contribution in [3.8, 4) is 0 Å². The number of amides is 1. The summed E-state index contributed by atoms with van der Waals surface area (Å²) in [6, 6.07) is 4.75. The van der Waals surface area contributed by atoms with E-state index in [0.717, 1.165) is 25.7 Å². The summed E-state index contributed by atoms with van der Waals surface area (Å²) in [5.74, 6) is -0.803. The van der Waals surface area contributed by atoms with E-state index in [-0.39, 0.29) is 17.5 Å². The Bertz CT molecular complexity index is 441. The van der Waals surface area contributed by atoms with Crippen LogP contribution in [-0.2, 0) is 0 Å². The van der Waals surface area contributed by atoms with Crippen LogP contribution in [0.1, 0.15) is 36.0 Å². The first-order valence-electron chi connectivity index (χ1n) is 6.39. The van der Waals surface area contributed by atoms with Gasteiger partial charge in [0, 0.05) is 15.8 Å². The SMILES string of the molecule is CSC1CCC(NC(=O)c2c(F)cccc2Br)CC1. The van der Waals surface area contributed by atoms with Crippen LogP contribution in [0.25, 0.3) is 0 Å². The van der Waals surface area contributed by atoms with Gasteiger partial charge in [-0.25, -0.2) is 4.39 Å². The number of halogens is 2. The Morgan fingerprint density at radius 2 is 2.05 bits per heavy atom. The van der Waals surface area contributed by atoms with E-state index in [0.29, 0.717) is 9.72 Å². The summed E-state index contributed by atoms with van der Waals surface area (Å²) in [6.45, 7) is 0. The van der Waals surface area contributed by atoms with Crippen LogP contribution >= 0.6 is 27.7 Å². The molecule has 1 aliphatic rings. The molecule has 0 saturated heterocycles. The summed E-state index contributed by atoms with van der Waals surface area (Å²) in [4.78, 5) is 12.1. The van der Waals surface area contributed by atoms with E-state index in [1.807, 2.05) is 11.8 Å². The number of nitrogens with one attached hydrogen (secondary N) is 1. The van der Waals surface area contributed by atoms with Crippen LogP contribution in [-0.4, -0.2) is 23.5 Å². The van der Waals surface area contributed by atoms with Crippen molar-refractivity contribution in [1.29, 1.82) is 0 Å². The highest BCUT2D eigenvalue weighted by Gasteiger charge is 2.24. The third-order valence-corrected chi connectivity index (χ3v) is 5.33. The van der Waals surface area contributed by atoms with Crippen molar-refractivity contribution < 1.29 is 9.18 Å². The lowest BCUT2D eigenvalue weighted by Crippen LogP contribution is -2.38. The summed E-state index contributed by atoms with van der Waals surface area (Å²) in [5.41, 5.74) is 0.106. The standard InChI is InChI=1S/C14H17BrFNOS/c1-19-10-7-5-9(6-8-10)17-14(18)13-11(15)3-2-4-12(13)16/h2-4,9-10H,5-8H2,1H3,(H,17,18). The molecule has 104 valence electrons. The predicted molar refractivity (Wildman–Crippen MR) is 81.1 cm³/mol. The van der Waals surface area contributed by atoms with Crippen LogP contribution in [0.3, 0.4) is 0 Å². The summed E-state index contributed by atoms with van der Waals surface area (Å²) in [7, 11) is 0. The lowest BCUT2D eigenvalue weighted by Gasteiger charge is -2.28. The minimum atomic E-state index is -0.482. The van der Waals surface area contributed by atoms with Gasteiger partial charge in [-0.1, -0.05) is 6.07 Å². The zero-order valence-electron chi connectivity index (χ0n) is 10.8. The van der Waals surface area contributed by atoms with Gasteiger partial charge < -0.3 is 5.32 Å². The number of benzene rings is 1. The molecule has 0 unspecified atom stereocenters. The molecule has 5 heteroatoms. The molecule has 19 heavy (non-hydrogen) atoms. The predicted octanol–water partition coefficient (Wildman–Crippen LogP) is 3.99. The van der Waals surface area contributed by atoms with Gasteiger partial charge in [0.15, 0.2) is 0 Å². The Labute approximate surface area is 125 Å². The zero-order valence-corrected chi connectivity index (χ0v) is 13.2. The largest absolute Gasteiger partial charge is 0.349 e. The summed E-state index contributed by atoms with van der Waals surface area (Å²) >= 11 is 5.12. The first kappa shape index (κ1) is 14.9. The van der Waals surface area contributed by atoms with Gasteiger partial charge in [-0.2, -0.15) is 11.8 Å². The molecule has 1 saturated carbocycles. The van der Waals surface area contributed by atoms with Crippen molar-refractivity contribution in [2.24, 2.45) is 0 Å². The zero-order chi connectivity index (χ0) is 13.8. The Kier molecular flexibility index (Phi) is 5.28. The number of hydrogen-bond donors (Lipinski definition) is 1. The van der Waals surface area contributed by atoms with Gasteiger partial charge in [0.05, 0.1) is 5.56 Å². The fraction of sp³-hybridized carbons (Fsp3) is 0.500. The smallest absolute Gasteiger partial charge is 0.255 e. The number of rotatable bonds is 3. The molecule has 1 aliphatic carbocycles. The molecule has 0 aromatic heterocycles. The maximum Gasteiger partial charge on any atom is 0.255 e. The lowest BCUT2D eigenvalue weighted by molar-refractivity contribution is 0.0923. The molecule has 0 aliphatic heterocycles. The minimum Gasteiger partial charge on any atom is -0.349 e. The van der Waals surface area contributed by atoms with Crippen molar-refractivity contribution >= 4 is 33.6 Å². The van der Waals surface area contributed by atoms with Gasteiger partial charge in [0.25, 0.3) is 5.91 Å². The molecular formula is C14H17BrFNOS. The summed E-state index contributed by atoms with van der Waals surface area (Å²) in [5, 5.41) is 3.65. The molecule has 0 heterocycles. The second kappa shape index (κ2) is 6.75. The molecule has 1 aromatic rings. The maximum absolute atomic E-state index is 13.7. The molecule has 0 spiro atoms. The van der Waals surface area contributed by atoms with Gasteiger partial charge in [0.2, 0.25) is 0 Å².